The molecule has 0 amide bonds. The highest BCUT2D eigenvalue weighted by atomic mass is 31.0. The Kier molecular flexibility index (Phi) is 11.9. The number of ether oxygens (including phenoxy) is 2. The van der Waals surface area contributed by atoms with Crippen LogP contribution in [0.5, 0.6) is 11.5 Å². The second-order valence-corrected chi connectivity index (χ2v) is 11.5. The average molecular weight is 543 g/mol. The molecule has 1 atom stereocenters. The van der Waals surface area contributed by atoms with Gasteiger partial charge in [-0.1, -0.05) is 67.3 Å². The summed E-state index contributed by atoms with van der Waals surface area (Å²) in [5, 5.41) is 1.06. The predicted molar refractivity (Wildman–Crippen MR) is 174 cm³/mol. The molecule has 0 aliphatic rings. The normalized spacial score (nSPS) is 11.8. The SMILES string of the molecule is CCCCCOc1cc(OC(=Cc2c(C)cc(C)cc2C)CCCC=Cc2c(C)cc(C)cc2C)ccc1P. The van der Waals surface area contributed by atoms with Crippen LogP contribution in [-0.4, -0.2) is 6.61 Å². The molecule has 3 rings (SSSR count). The molecular weight excluding hydrogens is 495 g/mol. The topological polar surface area (TPSA) is 18.5 Å². The highest BCUT2D eigenvalue weighted by Crippen LogP contribution is 2.27. The van der Waals surface area contributed by atoms with Crippen molar-refractivity contribution in [2.24, 2.45) is 0 Å². The molecule has 0 aliphatic carbocycles. The lowest BCUT2D eigenvalue weighted by molar-refractivity contribution is 0.306. The van der Waals surface area contributed by atoms with E-state index in [4.69, 9.17) is 9.47 Å². The van der Waals surface area contributed by atoms with E-state index in [-0.39, 0.29) is 0 Å². The molecule has 3 aromatic rings. The fourth-order valence-corrected chi connectivity index (χ4v) is 5.43. The Morgan fingerprint density at radius 1 is 0.769 bits per heavy atom. The Balaban J connectivity index is 1.78. The van der Waals surface area contributed by atoms with Crippen LogP contribution in [-0.2, 0) is 0 Å². The summed E-state index contributed by atoms with van der Waals surface area (Å²) < 4.78 is 12.6. The van der Waals surface area contributed by atoms with Gasteiger partial charge in [-0.05, 0) is 112 Å². The van der Waals surface area contributed by atoms with E-state index in [2.05, 4.69) is 106 Å². The van der Waals surface area contributed by atoms with Crippen LogP contribution >= 0.6 is 9.24 Å². The number of hydrogen-bond donors (Lipinski definition) is 0. The Labute approximate surface area is 239 Å². The number of rotatable bonds is 13. The van der Waals surface area contributed by atoms with Crippen molar-refractivity contribution in [3.05, 3.63) is 98.8 Å². The molecule has 0 spiro atoms. The van der Waals surface area contributed by atoms with Crippen LogP contribution in [0.1, 0.15) is 90.0 Å². The molecule has 0 N–H and O–H groups in total. The molecule has 0 aromatic heterocycles. The maximum absolute atomic E-state index is 6.55. The van der Waals surface area contributed by atoms with Gasteiger partial charge in [0.1, 0.15) is 17.3 Å². The van der Waals surface area contributed by atoms with Crippen LogP contribution in [0.3, 0.4) is 0 Å². The summed E-state index contributed by atoms with van der Waals surface area (Å²) in [6.45, 7) is 16.0. The molecule has 0 heterocycles. The first-order valence-corrected chi connectivity index (χ1v) is 15.0. The predicted octanol–water partition coefficient (Wildman–Crippen LogP) is 9.91. The molecule has 208 valence electrons. The van der Waals surface area contributed by atoms with Crippen LogP contribution in [0.2, 0.25) is 0 Å². The lowest BCUT2D eigenvalue weighted by Gasteiger charge is -2.15. The third kappa shape index (κ3) is 9.40. The minimum absolute atomic E-state index is 0.732. The van der Waals surface area contributed by atoms with Crippen molar-refractivity contribution in [2.45, 2.75) is 87.0 Å². The summed E-state index contributed by atoms with van der Waals surface area (Å²) in [4.78, 5) is 0. The number of unbranched alkanes of at least 4 members (excludes halogenated alkanes) is 3. The Bertz CT molecular complexity index is 1270. The Hall–Kier alpha value is -2.83. The van der Waals surface area contributed by atoms with Gasteiger partial charge in [0, 0.05) is 17.8 Å². The maximum Gasteiger partial charge on any atom is 0.130 e. The van der Waals surface area contributed by atoms with Gasteiger partial charge < -0.3 is 9.47 Å². The number of benzene rings is 3. The minimum Gasteiger partial charge on any atom is -0.493 e. The van der Waals surface area contributed by atoms with Gasteiger partial charge in [0.2, 0.25) is 0 Å². The lowest BCUT2D eigenvalue weighted by Crippen LogP contribution is -2.05. The van der Waals surface area contributed by atoms with E-state index in [0.29, 0.717) is 0 Å². The number of allylic oxidation sites excluding steroid dienone is 2. The van der Waals surface area contributed by atoms with E-state index in [0.717, 1.165) is 54.9 Å². The molecule has 0 fully saturated rings. The van der Waals surface area contributed by atoms with Crippen molar-refractivity contribution in [2.75, 3.05) is 6.61 Å². The standard InChI is InChI=1S/C36H47O2P/c1-8-9-13-18-37-35-24-32(16-17-36(35)39)38-31(23-34-29(6)21-26(3)22-30(34)7)14-11-10-12-15-33-27(4)19-25(2)20-28(33)5/h12,15-17,19-24H,8-11,13-14,18,39H2,1-7H3. The van der Waals surface area contributed by atoms with Gasteiger partial charge in [0.25, 0.3) is 0 Å². The highest BCUT2D eigenvalue weighted by molar-refractivity contribution is 7.27. The van der Waals surface area contributed by atoms with E-state index >= 15 is 0 Å². The van der Waals surface area contributed by atoms with Crippen molar-refractivity contribution in [1.29, 1.82) is 0 Å². The molecule has 0 radical (unpaired) electrons. The molecule has 3 heteroatoms. The number of aryl methyl sites for hydroxylation is 6. The second-order valence-electron chi connectivity index (χ2n) is 10.9. The van der Waals surface area contributed by atoms with Gasteiger partial charge in [0.05, 0.1) is 6.61 Å². The molecule has 2 nitrogen and oxygen atoms in total. The summed E-state index contributed by atoms with van der Waals surface area (Å²) in [6.07, 6.45) is 13.1. The maximum atomic E-state index is 6.55. The Morgan fingerprint density at radius 2 is 1.38 bits per heavy atom. The molecule has 0 saturated carbocycles. The smallest absolute Gasteiger partial charge is 0.130 e. The van der Waals surface area contributed by atoms with Crippen molar-refractivity contribution in [1.82, 2.24) is 0 Å². The molecule has 0 bridgehead atoms. The van der Waals surface area contributed by atoms with Gasteiger partial charge >= 0.3 is 0 Å². The van der Waals surface area contributed by atoms with Crippen LogP contribution in [0, 0.1) is 41.5 Å². The molecule has 39 heavy (non-hydrogen) atoms. The molecular formula is C36H47O2P. The summed E-state index contributed by atoms with van der Waals surface area (Å²) in [5.41, 5.74) is 10.4. The first-order chi connectivity index (χ1) is 18.7. The van der Waals surface area contributed by atoms with Gasteiger partial charge in [-0.3, -0.25) is 0 Å². The van der Waals surface area contributed by atoms with Crippen LogP contribution in [0.25, 0.3) is 12.2 Å². The second kappa shape index (κ2) is 15.1. The van der Waals surface area contributed by atoms with Crippen LogP contribution in [0.4, 0.5) is 0 Å². The molecule has 3 aromatic carbocycles. The monoisotopic (exact) mass is 542 g/mol. The van der Waals surface area contributed by atoms with E-state index in [1.165, 1.54) is 57.3 Å². The van der Waals surface area contributed by atoms with Crippen LogP contribution < -0.4 is 14.8 Å². The van der Waals surface area contributed by atoms with Gasteiger partial charge in [-0.25, -0.2) is 0 Å². The zero-order valence-electron chi connectivity index (χ0n) is 25.1. The summed E-state index contributed by atoms with van der Waals surface area (Å²) >= 11 is 0. The summed E-state index contributed by atoms with van der Waals surface area (Å²) in [7, 11) is 2.78. The lowest BCUT2D eigenvalue weighted by atomic mass is 9.98. The van der Waals surface area contributed by atoms with Crippen LogP contribution in [0.15, 0.2) is 54.3 Å². The van der Waals surface area contributed by atoms with Crippen molar-refractivity contribution < 1.29 is 9.47 Å². The largest absolute Gasteiger partial charge is 0.493 e. The van der Waals surface area contributed by atoms with E-state index in [9.17, 15) is 0 Å². The zero-order valence-corrected chi connectivity index (χ0v) is 26.3. The van der Waals surface area contributed by atoms with Gasteiger partial charge in [-0.15, -0.1) is 9.24 Å². The van der Waals surface area contributed by atoms with Crippen molar-refractivity contribution in [3.63, 3.8) is 0 Å². The fourth-order valence-electron chi connectivity index (χ4n) is 5.17. The molecule has 0 saturated heterocycles. The van der Waals surface area contributed by atoms with Gasteiger partial charge in [0.15, 0.2) is 0 Å². The Morgan fingerprint density at radius 3 is 2.00 bits per heavy atom. The number of hydrogen-bond acceptors (Lipinski definition) is 2. The van der Waals surface area contributed by atoms with Crippen molar-refractivity contribution in [3.8, 4) is 11.5 Å². The fraction of sp³-hybridized carbons (Fsp3) is 0.389. The molecule has 0 aliphatic heterocycles. The third-order valence-corrected chi connectivity index (χ3v) is 7.58. The highest BCUT2D eigenvalue weighted by Gasteiger charge is 2.09. The van der Waals surface area contributed by atoms with Crippen molar-refractivity contribution >= 4 is 26.7 Å². The van der Waals surface area contributed by atoms with E-state index < -0.39 is 0 Å². The van der Waals surface area contributed by atoms with E-state index in [1.807, 2.05) is 12.1 Å². The average Bonchev–Trinajstić information content (AvgIpc) is 2.86. The van der Waals surface area contributed by atoms with E-state index in [1.54, 1.807) is 0 Å². The van der Waals surface area contributed by atoms with Gasteiger partial charge in [-0.2, -0.15) is 0 Å². The minimum atomic E-state index is 0.732. The summed E-state index contributed by atoms with van der Waals surface area (Å²) in [5.74, 6) is 2.68. The zero-order chi connectivity index (χ0) is 28.4. The quantitative estimate of drug-likeness (QED) is 0.122. The first kappa shape index (κ1) is 30.7. The molecule has 1 unspecified atom stereocenters. The first-order valence-electron chi connectivity index (χ1n) is 14.4. The summed E-state index contributed by atoms with van der Waals surface area (Å²) in [6, 6.07) is 15.1. The third-order valence-electron chi connectivity index (χ3n) is 7.10.